The number of nitrogens with zero attached hydrogens (tertiary/aromatic N) is 1. The summed E-state index contributed by atoms with van der Waals surface area (Å²) in [6.45, 7) is 4.58. The van der Waals surface area contributed by atoms with Crippen LogP contribution in [-0.4, -0.2) is 15.0 Å². The minimum Gasteiger partial charge on any atom is -0.265 e. The molecule has 4 heteroatoms. The molecule has 3 nitrogen and oxygen atoms in total. The van der Waals surface area contributed by atoms with Gasteiger partial charge in [0.05, 0.1) is 10.6 Å². The molecule has 0 saturated carbocycles. The Kier molecular flexibility index (Phi) is 2.38. The number of hydrogen-bond donors (Lipinski definition) is 0. The monoisotopic (exact) mass is 261 g/mol. The van der Waals surface area contributed by atoms with Crippen molar-refractivity contribution in [1.29, 1.82) is 0 Å². The van der Waals surface area contributed by atoms with Gasteiger partial charge in [-0.1, -0.05) is 38.1 Å². The van der Waals surface area contributed by atoms with Crippen molar-refractivity contribution >= 4 is 26.5 Å². The maximum Gasteiger partial charge on any atom is 0.265 e. The summed E-state index contributed by atoms with van der Waals surface area (Å²) in [6.07, 6.45) is 0. The summed E-state index contributed by atoms with van der Waals surface area (Å²) in [4.78, 5) is 0.441. The number of sulfonamides is 1. The third kappa shape index (κ3) is 1.45. The largest absolute Gasteiger partial charge is 0.265 e. The van der Waals surface area contributed by atoms with Crippen molar-refractivity contribution in [2.75, 3.05) is 10.8 Å². The molecule has 1 aliphatic heterocycles. The molecule has 0 amide bonds. The molecule has 0 bridgehead atoms. The van der Waals surface area contributed by atoms with Crippen LogP contribution < -0.4 is 4.31 Å². The third-order valence-corrected chi connectivity index (χ3v) is 5.03. The van der Waals surface area contributed by atoms with Crippen molar-refractivity contribution in [3.8, 4) is 0 Å². The first-order valence-corrected chi connectivity index (χ1v) is 7.50. The second-order valence-electron chi connectivity index (χ2n) is 5.06. The molecule has 3 rings (SSSR count). The van der Waals surface area contributed by atoms with Crippen molar-refractivity contribution in [2.45, 2.75) is 18.7 Å². The summed E-state index contributed by atoms with van der Waals surface area (Å²) in [6, 6.07) is 11.2. The van der Waals surface area contributed by atoms with E-state index in [2.05, 4.69) is 0 Å². The first-order chi connectivity index (χ1) is 8.51. The maximum atomic E-state index is 12.5. The van der Waals surface area contributed by atoms with E-state index in [9.17, 15) is 8.42 Å². The van der Waals surface area contributed by atoms with Gasteiger partial charge in [0.25, 0.3) is 10.0 Å². The fourth-order valence-electron chi connectivity index (χ4n) is 2.49. The van der Waals surface area contributed by atoms with E-state index < -0.39 is 10.0 Å². The topological polar surface area (TPSA) is 37.4 Å². The van der Waals surface area contributed by atoms with Crippen molar-refractivity contribution in [3.05, 3.63) is 36.4 Å². The zero-order chi connectivity index (χ0) is 12.9. The molecule has 2 aromatic carbocycles. The minimum atomic E-state index is -3.36. The van der Waals surface area contributed by atoms with E-state index >= 15 is 0 Å². The average molecular weight is 261 g/mol. The van der Waals surface area contributed by atoms with Crippen LogP contribution in [0.1, 0.15) is 13.8 Å². The van der Waals surface area contributed by atoms with Crippen LogP contribution in [-0.2, 0) is 10.0 Å². The van der Waals surface area contributed by atoms with Crippen LogP contribution in [0.2, 0.25) is 0 Å². The molecule has 2 aromatic rings. The van der Waals surface area contributed by atoms with E-state index in [1.165, 1.54) is 4.31 Å². The fourth-order valence-corrected chi connectivity index (χ4v) is 4.36. The number of benzene rings is 2. The standard InChI is InChI=1S/C14H15NO2S/c1-10(2)9-15-12-7-3-5-11-6-4-8-13(14(11)12)18(15,16)17/h3-8,10H,9H2,1-2H3. The number of hydrogen-bond acceptors (Lipinski definition) is 2. The molecule has 1 aliphatic rings. The molecule has 0 aliphatic carbocycles. The van der Waals surface area contributed by atoms with E-state index in [0.717, 1.165) is 16.5 Å². The van der Waals surface area contributed by atoms with Crippen LogP contribution in [0.15, 0.2) is 41.3 Å². The van der Waals surface area contributed by atoms with Crippen LogP contribution in [0.5, 0.6) is 0 Å². The van der Waals surface area contributed by atoms with Gasteiger partial charge in [-0.3, -0.25) is 4.31 Å². The minimum absolute atomic E-state index is 0.296. The van der Waals surface area contributed by atoms with Gasteiger partial charge in [0.1, 0.15) is 0 Å². The van der Waals surface area contributed by atoms with E-state index in [1.807, 2.05) is 38.1 Å². The van der Waals surface area contributed by atoms with Gasteiger partial charge < -0.3 is 0 Å². The molecule has 0 fully saturated rings. The Balaban J connectivity index is 2.34. The summed E-state index contributed by atoms with van der Waals surface area (Å²) in [5.74, 6) is 0.296. The van der Waals surface area contributed by atoms with Crippen molar-refractivity contribution in [2.24, 2.45) is 5.92 Å². The van der Waals surface area contributed by atoms with E-state index in [4.69, 9.17) is 0 Å². The summed E-state index contributed by atoms with van der Waals surface area (Å²) in [5, 5.41) is 1.85. The van der Waals surface area contributed by atoms with E-state index in [-0.39, 0.29) is 0 Å². The number of anilines is 1. The molecule has 0 N–H and O–H groups in total. The summed E-state index contributed by atoms with van der Waals surface area (Å²) < 4.78 is 26.6. The predicted molar refractivity (Wildman–Crippen MR) is 73.3 cm³/mol. The van der Waals surface area contributed by atoms with Crippen molar-refractivity contribution in [3.63, 3.8) is 0 Å². The maximum absolute atomic E-state index is 12.5. The quantitative estimate of drug-likeness (QED) is 0.833. The highest BCUT2D eigenvalue weighted by Crippen LogP contribution is 2.42. The van der Waals surface area contributed by atoms with Crippen LogP contribution in [0.25, 0.3) is 10.8 Å². The lowest BCUT2D eigenvalue weighted by Gasteiger charge is -2.20. The highest BCUT2D eigenvalue weighted by Gasteiger charge is 2.35. The van der Waals surface area contributed by atoms with Gasteiger partial charge in [-0.05, 0) is 23.4 Å². The molecule has 18 heavy (non-hydrogen) atoms. The van der Waals surface area contributed by atoms with Gasteiger partial charge in [-0.25, -0.2) is 8.42 Å². The Bertz CT molecular complexity index is 714. The summed E-state index contributed by atoms with van der Waals surface area (Å²) in [5.41, 5.74) is 0.816. The lowest BCUT2D eigenvalue weighted by atomic mass is 10.1. The molecule has 1 heterocycles. The van der Waals surface area contributed by atoms with Gasteiger partial charge in [0.15, 0.2) is 0 Å². The molecular formula is C14H15NO2S. The third-order valence-electron chi connectivity index (χ3n) is 3.21. The lowest BCUT2D eigenvalue weighted by molar-refractivity contribution is 0.581. The van der Waals surface area contributed by atoms with Crippen LogP contribution >= 0.6 is 0 Å². The van der Waals surface area contributed by atoms with Gasteiger partial charge in [0.2, 0.25) is 0 Å². The first kappa shape index (κ1) is 11.5. The fraction of sp³-hybridized carbons (Fsp3) is 0.286. The lowest BCUT2D eigenvalue weighted by Crippen LogP contribution is -2.30. The van der Waals surface area contributed by atoms with Gasteiger partial charge in [-0.2, -0.15) is 0 Å². The van der Waals surface area contributed by atoms with E-state index in [1.54, 1.807) is 12.1 Å². The smallest absolute Gasteiger partial charge is 0.265 e. The Morgan fingerprint density at radius 1 is 1.11 bits per heavy atom. The number of rotatable bonds is 2. The van der Waals surface area contributed by atoms with Gasteiger partial charge in [-0.15, -0.1) is 0 Å². The second kappa shape index (κ2) is 3.72. The van der Waals surface area contributed by atoms with Crippen molar-refractivity contribution in [1.82, 2.24) is 0 Å². The summed E-state index contributed by atoms with van der Waals surface area (Å²) >= 11 is 0. The molecule has 0 spiro atoms. The molecule has 0 aromatic heterocycles. The van der Waals surface area contributed by atoms with Crippen molar-refractivity contribution < 1.29 is 8.42 Å². The predicted octanol–water partition coefficient (Wildman–Crippen LogP) is 3.00. The summed E-state index contributed by atoms with van der Waals surface area (Å²) in [7, 11) is -3.36. The van der Waals surface area contributed by atoms with Crippen LogP contribution in [0.3, 0.4) is 0 Å². The molecular weight excluding hydrogens is 246 g/mol. The Morgan fingerprint density at radius 3 is 2.44 bits per heavy atom. The van der Waals surface area contributed by atoms with Gasteiger partial charge in [0, 0.05) is 11.9 Å². The van der Waals surface area contributed by atoms with Gasteiger partial charge >= 0.3 is 0 Å². The molecule has 0 saturated heterocycles. The Morgan fingerprint density at radius 2 is 1.78 bits per heavy atom. The van der Waals surface area contributed by atoms with Crippen LogP contribution in [0, 0.1) is 5.92 Å². The average Bonchev–Trinajstić information content (AvgIpc) is 2.53. The Hall–Kier alpha value is -1.55. The zero-order valence-corrected chi connectivity index (χ0v) is 11.2. The molecule has 0 unspecified atom stereocenters. The molecule has 94 valence electrons. The zero-order valence-electron chi connectivity index (χ0n) is 10.4. The highest BCUT2D eigenvalue weighted by atomic mass is 32.2. The highest BCUT2D eigenvalue weighted by molar-refractivity contribution is 7.93. The SMILES string of the molecule is CC(C)CN1c2cccc3cccc(c23)S1(=O)=O. The first-order valence-electron chi connectivity index (χ1n) is 6.06. The Labute approximate surface area is 107 Å². The second-order valence-corrected chi connectivity index (χ2v) is 6.89. The molecule has 0 atom stereocenters. The molecule has 0 radical (unpaired) electrons. The van der Waals surface area contributed by atoms with Crippen LogP contribution in [0.4, 0.5) is 5.69 Å². The van der Waals surface area contributed by atoms with E-state index in [0.29, 0.717) is 17.4 Å². The normalized spacial score (nSPS) is 16.7.